The lowest BCUT2D eigenvalue weighted by Crippen LogP contribution is -2.46. The second-order valence-corrected chi connectivity index (χ2v) is 9.31. The maximum absolute atomic E-state index is 12.6. The molecule has 2 aliphatic heterocycles. The Labute approximate surface area is 144 Å². The van der Waals surface area contributed by atoms with Gasteiger partial charge in [-0.15, -0.1) is 12.4 Å². The Kier molecular flexibility index (Phi) is 8.53. The molecule has 0 bridgehead atoms. The van der Waals surface area contributed by atoms with E-state index in [1.54, 1.807) is 0 Å². The SMILES string of the molecule is CCCCN(C(=O)CC1CSCCN1)C1CCS(=O)(=O)C1.Cl. The van der Waals surface area contributed by atoms with Gasteiger partial charge in [0.2, 0.25) is 5.91 Å². The molecule has 2 atom stereocenters. The highest BCUT2D eigenvalue weighted by molar-refractivity contribution is 7.99. The fourth-order valence-corrected chi connectivity index (χ4v) is 5.62. The smallest absolute Gasteiger partial charge is 0.224 e. The minimum atomic E-state index is -2.95. The molecule has 2 rings (SSSR count). The van der Waals surface area contributed by atoms with Crippen LogP contribution in [0.1, 0.15) is 32.6 Å². The molecule has 130 valence electrons. The summed E-state index contributed by atoms with van der Waals surface area (Å²) in [5, 5.41) is 3.38. The lowest BCUT2D eigenvalue weighted by molar-refractivity contribution is -0.133. The molecule has 0 aromatic rings. The molecule has 1 amide bonds. The molecule has 1 N–H and O–H groups in total. The van der Waals surface area contributed by atoms with Crippen LogP contribution in [0, 0.1) is 0 Å². The van der Waals surface area contributed by atoms with E-state index in [-0.39, 0.29) is 41.9 Å². The van der Waals surface area contributed by atoms with Gasteiger partial charge in [0.25, 0.3) is 0 Å². The molecular formula is C14H27ClN2O3S2. The van der Waals surface area contributed by atoms with Gasteiger partial charge >= 0.3 is 0 Å². The van der Waals surface area contributed by atoms with Crippen LogP contribution in [-0.2, 0) is 14.6 Å². The number of nitrogens with one attached hydrogen (secondary N) is 1. The third-order valence-corrected chi connectivity index (χ3v) is 7.02. The van der Waals surface area contributed by atoms with E-state index >= 15 is 0 Å². The molecule has 2 unspecified atom stereocenters. The number of carbonyl (C=O) groups is 1. The summed E-state index contributed by atoms with van der Waals surface area (Å²) in [6, 6.07) is 0.128. The zero-order valence-electron chi connectivity index (χ0n) is 13.1. The summed E-state index contributed by atoms with van der Waals surface area (Å²) in [4.78, 5) is 14.4. The van der Waals surface area contributed by atoms with Crippen LogP contribution >= 0.6 is 24.2 Å². The van der Waals surface area contributed by atoms with Crippen LogP contribution in [0.4, 0.5) is 0 Å². The minimum Gasteiger partial charge on any atom is -0.339 e. The summed E-state index contributed by atoms with van der Waals surface area (Å²) in [6.07, 6.45) is 3.05. The van der Waals surface area contributed by atoms with Crippen molar-refractivity contribution in [3.05, 3.63) is 0 Å². The summed E-state index contributed by atoms with van der Waals surface area (Å²) < 4.78 is 23.4. The number of unbranched alkanes of at least 4 members (excludes halogenated alkanes) is 1. The summed E-state index contributed by atoms with van der Waals surface area (Å²) in [6.45, 7) is 3.73. The van der Waals surface area contributed by atoms with E-state index in [1.807, 2.05) is 16.7 Å². The van der Waals surface area contributed by atoms with Crippen molar-refractivity contribution in [3.63, 3.8) is 0 Å². The predicted octanol–water partition coefficient (Wildman–Crippen LogP) is 1.32. The summed E-state index contributed by atoms with van der Waals surface area (Å²) >= 11 is 1.88. The number of halogens is 1. The zero-order chi connectivity index (χ0) is 15.3. The molecule has 2 heterocycles. The van der Waals surface area contributed by atoms with E-state index in [9.17, 15) is 13.2 Å². The molecule has 0 aliphatic carbocycles. The first-order chi connectivity index (χ1) is 10.0. The molecule has 0 spiro atoms. The summed E-state index contributed by atoms with van der Waals surface area (Å²) in [5.74, 6) is 2.56. The molecule has 0 aromatic carbocycles. The number of carbonyl (C=O) groups excluding carboxylic acids is 1. The molecule has 2 fully saturated rings. The second kappa shape index (κ2) is 9.35. The molecule has 0 radical (unpaired) electrons. The first kappa shape index (κ1) is 20.1. The molecule has 2 aliphatic rings. The van der Waals surface area contributed by atoms with Gasteiger partial charge in [-0.1, -0.05) is 13.3 Å². The van der Waals surface area contributed by atoms with Gasteiger partial charge < -0.3 is 10.2 Å². The molecule has 5 nitrogen and oxygen atoms in total. The fourth-order valence-electron chi connectivity index (χ4n) is 2.94. The maximum atomic E-state index is 12.6. The Morgan fingerprint density at radius 3 is 2.73 bits per heavy atom. The predicted molar refractivity (Wildman–Crippen MR) is 94.7 cm³/mol. The Hall–Kier alpha value is 0.0200. The first-order valence-electron chi connectivity index (χ1n) is 7.83. The number of sulfone groups is 1. The Morgan fingerprint density at radius 2 is 2.18 bits per heavy atom. The number of hydrogen-bond acceptors (Lipinski definition) is 5. The molecule has 8 heteroatoms. The van der Waals surface area contributed by atoms with Crippen LogP contribution in [0.3, 0.4) is 0 Å². The van der Waals surface area contributed by atoms with E-state index in [4.69, 9.17) is 0 Å². The van der Waals surface area contributed by atoms with E-state index in [1.165, 1.54) is 0 Å². The molecular weight excluding hydrogens is 344 g/mol. The second-order valence-electron chi connectivity index (χ2n) is 5.93. The van der Waals surface area contributed by atoms with Crippen molar-refractivity contribution in [2.24, 2.45) is 0 Å². The van der Waals surface area contributed by atoms with Crippen molar-refractivity contribution in [2.75, 3.05) is 36.1 Å². The average molecular weight is 371 g/mol. The monoisotopic (exact) mass is 370 g/mol. The highest BCUT2D eigenvalue weighted by Gasteiger charge is 2.34. The molecule has 0 saturated carbocycles. The number of amides is 1. The van der Waals surface area contributed by atoms with Gasteiger partial charge in [-0.25, -0.2) is 8.42 Å². The van der Waals surface area contributed by atoms with Gasteiger partial charge in [0.15, 0.2) is 9.84 Å². The van der Waals surface area contributed by atoms with Gasteiger partial charge in [0, 0.05) is 43.1 Å². The molecule has 2 saturated heterocycles. The third-order valence-electron chi connectivity index (χ3n) is 4.14. The van der Waals surface area contributed by atoms with Crippen molar-refractivity contribution in [1.29, 1.82) is 0 Å². The first-order valence-corrected chi connectivity index (χ1v) is 10.8. The third kappa shape index (κ3) is 5.91. The maximum Gasteiger partial charge on any atom is 0.224 e. The van der Waals surface area contributed by atoms with Crippen molar-refractivity contribution in [3.8, 4) is 0 Å². The van der Waals surface area contributed by atoms with Gasteiger partial charge in [-0.2, -0.15) is 11.8 Å². The summed E-state index contributed by atoms with van der Waals surface area (Å²) in [7, 11) is -2.95. The van der Waals surface area contributed by atoms with E-state index < -0.39 is 9.84 Å². The highest BCUT2D eigenvalue weighted by Crippen LogP contribution is 2.20. The van der Waals surface area contributed by atoms with Crippen molar-refractivity contribution < 1.29 is 13.2 Å². The van der Waals surface area contributed by atoms with Crippen LogP contribution in [0.25, 0.3) is 0 Å². The Morgan fingerprint density at radius 1 is 1.41 bits per heavy atom. The van der Waals surface area contributed by atoms with Gasteiger partial charge in [-0.3, -0.25) is 4.79 Å². The van der Waals surface area contributed by atoms with Crippen LogP contribution in [0.15, 0.2) is 0 Å². The standard InChI is InChI=1S/C14H26N2O3S2.ClH/c1-2-3-6-16(13-4-8-21(18,19)11-13)14(17)9-12-10-20-7-5-15-12;/h12-13,15H,2-11H2,1H3;1H. The number of hydrogen-bond donors (Lipinski definition) is 1. The lowest BCUT2D eigenvalue weighted by Gasteiger charge is -2.31. The van der Waals surface area contributed by atoms with Gasteiger partial charge in [0.1, 0.15) is 0 Å². The quantitative estimate of drug-likeness (QED) is 0.763. The van der Waals surface area contributed by atoms with E-state index in [0.717, 1.165) is 30.9 Å². The van der Waals surface area contributed by atoms with E-state index in [0.29, 0.717) is 19.4 Å². The fraction of sp³-hybridized carbons (Fsp3) is 0.929. The number of thioether (sulfide) groups is 1. The lowest BCUT2D eigenvalue weighted by atomic mass is 10.1. The average Bonchev–Trinajstić information content (AvgIpc) is 2.80. The molecule has 22 heavy (non-hydrogen) atoms. The normalized spacial score (nSPS) is 27.1. The zero-order valence-corrected chi connectivity index (χ0v) is 15.6. The van der Waals surface area contributed by atoms with Crippen LogP contribution in [0.5, 0.6) is 0 Å². The Balaban J connectivity index is 0.00000242. The topological polar surface area (TPSA) is 66.5 Å². The molecule has 0 aromatic heterocycles. The highest BCUT2D eigenvalue weighted by atomic mass is 35.5. The van der Waals surface area contributed by atoms with Crippen molar-refractivity contribution >= 4 is 39.9 Å². The summed E-state index contributed by atoms with van der Waals surface area (Å²) in [5.41, 5.74) is 0. The largest absolute Gasteiger partial charge is 0.339 e. The minimum absolute atomic E-state index is 0. The van der Waals surface area contributed by atoms with Crippen molar-refractivity contribution in [1.82, 2.24) is 10.2 Å². The van der Waals surface area contributed by atoms with Crippen molar-refractivity contribution in [2.45, 2.75) is 44.7 Å². The van der Waals surface area contributed by atoms with Gasteiger partial charge in [0.05, 0.1) is 11.5 Å². The number of nitrogens with zero attached hydrogens (tertiary/aromatic N) is 1. The number of rotatable bonds is 6. The van der Waals surface area contributed by atoms with Crippen LogP contribution < -0.4 is 5.32 Å². The van der Waals surface area contributed by atoms with Gasteiger partial charge in [-0.05, 0) is 12.8 Å². The van der Waals surface area contributed by atoms with Crippen LogP contribution in [0.2, 0.25) is 0 Å². The Bertz CT molecular complexity index is 453. The van der Waals surface area contributed by atoms with Crippen LogP contribution in [-0.4, -0.2) is 67.4 Å². The van der Waals surface area contributed by atoms with E-state index in [2.05, 4.69) is 12.2 Å².